The van der Waals surface area contributed by atoms with Gasteiger partial charge in [-0.15, -0.1) is 0 Å². The summed E-state index contributed by atoms with van der Waals surface area (Å²) in [5, 5.41) is 11.1. The summed E-state index contributed by atoms with van der Waals surface area (Å²) in [5.74, 6) is -1.11. The molecule has 0 heterocycles. The third-order valence-electron chi connectivity index (χ3n) is 2.22. The normalized spacial score (nSPS) is 14.5. The minimum Gasteiger partial charge on any atom is -0.409 e. The van der Waals surface area contributed by atoms with Crippen molar-refractivity contribution in [1.82, 2.24) is 4.90 Å². The van der Waals surface area contributed by atoms with Crippen LogP contribution < -0.4 is 5.73 Å². The van der Waals surface area contributed by atoms with Crippen molar-refractivity contribution in [3.63, 3.8) is 0 Å². The Hall–Kier alpha value is -1.47. The number of nitrogens with two attached hydrogens (primary N) is 1. The lowest BCUT2D eigenvalue weighted by Gasteiger charge is -2.21. The van der Waals surface area contributed by atoms with E-state index in [0.717, 1.165) is 4.90 Å². The Balaban J connectivity index is 4.15. The van der Waals surface area contributed by atoms with Gasteiger partial charge >= 0.3 is 6.18 Å². The number of alkyl halides is 3. The molecule has 0 aromatic rings. The number of hydrogen-bond donors (Lipinski definition) is 2. The SMILES string of the molecule is CC(CN(C)C(=O)CCC(F)(F)F)/C(N)=N/O. The van der Waals surface area contributed by atoms with E-state index in [2.05, 4.69) is 5.16 Å². The van der Waals surface area contributed by atoms with Crippen LogP contribution in [0.4, 0.5) is 13.2 Å². The van der Waals surface area contributed by atoms with Gasteiger partial charge in [-0.2, -0.15) is 13.2 Å². The molecule has 0 saturated heterocycles. The molecule has 1 atom stereocenters. The summed E-state index contributed by atoms with van der Waals surface area (Å²) in [4.78, 5) is 12.5. The molecule has 100 valence electrons. The van der Waals surface area contributed by atoms with E-state index >= 15 is 0 Å². The Morgan fingerprint density at radius 1 is 1.53 bits per heavy atom. The fourth-order valence-electron chi connectivity index (χ4n) is 1.14. The smallest absolute Gasteiger partial charge is 0.389 e. The second-order valence-electron chi connectivity index (χ2n) is 3.82. The minimum absolute atomic E-state index is 0.0690. The van der Waals surface area contributed by atoms with Gasteiger partial charge in [-0.1, -0.05) is 12.1 Å². The predicted octanol–water partition coefficient (Wildman–Crippen LogP) is 1.17. The summed E-state index contributed by atoms with van der Waals surface area (Å²) in [6, 6.07) is 0. The van der Waals surface area contributed by atoms with Crippen molar-refractivity contribution in [2.45, 2.75) is 25.9 Å². The van der Waals surface area contributed by atoms with Crippen LogP contribution in [-0.4, -0.2) is 41.6 Å². The number of halogens is 3. The van der Waals surface area contributed by atoms with Crippen LogP contribution in [-0.2, 0) is 4.79 Å². The molecule has 0 fully saturated rings. The van der Waals surface area contributed by atoms with Gasteiger partial charge in [-0.05, 0) is 0 Å². The Kier molecular flexibility index (Phi) is 5.77. The molecule has 0 spiro atoms. The highest BCUT2D eigenvalue weighted by Crippen LogP contribution is 2.21. The van der Waals surface area contributed by atoms with Crippen LogP contribution in [0.3, 0.4) is 0 Å². The molecule has 1 amide bonds. The van der Waals surface area contributed by atoms with Crippen LogP contribution in [0.5, 0.6) is 0 Å². The lowest BCUT2D eigenvalue weighted by molar-refractivity contribution is -0.148. The highest BCUT2D eigenvalue weighted by Gasteiger charge is 2.28. The van der Waals surface area contributed by atoms with E-state index in [9.17, 15) is 18.0 Å². The molecule has 17 heavy (non-hydrogen) atoms. The van der Waals surface area contributed by atoms with Crippen molar-refractivity contribution in [3.05, 3.63) is 0 Å². The van der Waals surface area contributed by atoms with Crippen LogP contribution in [0.15, 0.2) is 5.16 Å². The Morgan fingerprint density at radius 3 is 2.47 bits per heavy atom. The van der Waals surface area contributed by atoms with E-state index in [1.165, 1.54) is 7.05 Å². The van der Waals surface area contributed by atoms with Crippen molar-refractivity contribution in [2.75, 3.05) is 13.6 Å². The van der Waals surface area contributed by atoms with Gasteiger partial charge in [-0.25, -0.2) is 0 Å². The van der Waals surface area contributed by atoms with E-state index < -0.39 is 30.8 Å². The summed E-state index contributed by atoms with van der Waals surface area (Å²) < 4.78 is 35.6. The van der Waals surface area contributed by atoms with Gasteiger partial charge in [0.05, 0.1) is 6.42 Å². The number of amides is 1. The lowest BCUT2D eigenvalue weighted by atomic mass is 10.1. The molecule has 0 aliphatic carbocycles. The van der Waals surface area contributed by atoms with E-state index in [1.54, 1.807) is 6.92 Å². The Labute approximate surface area is 97.1 Å². The van der Waals surface area contributed by atoms with Crippen LogP contribution in [0.2, 0.25) is 0 Å². The van der Waals surface area contributed by atoms with Crippen LogP contribution in [0.25, 0.3) is 0 Å². The van der Waals surface area contributed by atoms with Gasteiger partial charge in [0.25, 0.3) is 0 Å². The zero-order valence-corrected chi connectivity index (χ0v) is 9.66. The van der Waals surface area contributed by atoms with E-state index in [0.29, 0.717) is 0 Å². The zero-order valence-electron chi connectivity index (χ0n) is 9.66. The average Bonchev–Trinajstić information content (AvgIpc) is 2.23. The number of hydrogen-bond acceptors (Lipinski definition) is 3. The maximum absolute atomic E-state index is 11.9. The first-order valence-corrected chi connectivity index (χ1v) is 4.95. The van der Waals surface area contributed by atoms with Crippen molar-refractivity contribution < 1.29 is 23.2 Å². The fraction of sp³-hybridized carbons (Fsp3) is 0.778. The number of oxime groups is 1. The molecule has 8 heteroatoms. The minimum atomic E-state index is -4.34. The number of carbonyl (C=O) groups is 1. The number of carbonyl (C=O) groups excluding carboxylic acids is 1. The van der Waals surface area contributed by atoms with E-state index in [4.69, 9.17) is 10.9 Å². The van der Waals surface area contributed by atoms with Crippen LogP contribution in [0, 0.1) is 5.92 Å². The Bertz CT molecular complexity index is 292. The highest BCUT2D eigenvalue weighted by atomic mass is 19.4. The molecule has 1 unspecified atom stereocenters. The molecule has 0 aromatic carbocycles. The lowest BCUT2D eigenvalue weighted by Crippen LogP contribution is -2.36. The van der Waals surface area contributed by atoms with Gasteiger partial charge in [0, 0.05) is 25.9 Å². The van der Waals surface area contributed by atoms with Gasteiger partial charge in [0.2, 0.25) is 5.91 Å². The maximum Gasteiger partial charge on any atom is 0.389 e. The van der Waals surface area contributed by atoms with Crippen molar-refractivity contribution in [3.8, 4) is 0 Å². The standard InChI is InChI=1S/C9H16F3N3O2/c1-6(8(13)14-17)5-15(2)7(16)3-4-9(10,11)12/h6,17H,3-5H2,1-2H3,(H2,13,14). The van der Waals surface area contributed by atoms with Crippen LogP contribution in [0.1, 0.15) is 19.8 Å². The first-order valence-electron chi connectivity index (χ1n) is 4.95. The number of amidine groups is 1. The molecule has 0 aliphatic heterocycles. The van der Waals surface area contributed by atoms with E-state index in [-0.39, 0.29) is 12.4 Å². The van der Waals surface area contributed by atoms with E-state index in [1.807, 2.05) is 0 Å². The zero-order chi connectivity index (χ0) is 13.6. The summed E-state index contributed by atoms with van der Waals surface area (Å²) in [7, 11) is 1.37. The van der Waals surface area contributed by atoms with Gasteiger partial charge in [-0.3, -0.25) is 4.79 Å². The monoisotopic (exact) mass is 255 g/mol. The quantitative estimate of drug-likeness (QED) is 0.335. The second-order valence-corrected chi connectivity index (χ2v) is 3.82. The molecule has 0 bridgehead atoms. The summed E-state index contributed by atoms with van der Waals surface area (Å²) >= 11 is 0. The summed E-state index contributed by atoms with van der Waals surface area (Å²) in [5.41, 5.74) is 5.29. The van der Waals surface area contributed by atoms with Crippen molar-refractivity contribution in [1.29, 1.82) is 0 Å². The van der Waals surface area contributed by atoms with Crippen molar-refractivity contribution in [2.24, 2.45) is 16.8 Å². The van der Waals surface area contributed by atoms with Gasteiger partial charge in [0.15, 0.2) is 0 Å². The average molecular weight is 255 g/mol. The van der Waals surface area contributed by atoms with Gasteiger partial charge in [0.1, 0.15) is 5.84 Å². The molecular formula is C9H16F3N3O2. The summed E-state index contributed by atoms with van der Waals surface area (Å²) in [6.07, 6.45) is -6.08. The largest absolute Gasteiger partial charge is 0.409 e. The Morgan fingerprint density at radius 2 is 2.06 bits per heavy atom. The van der Waals surface area contributed by atoms with Crippen LogP contribution >= 0.6 is 0 Å². The molecule has 5 nitrogen and oxygen atoms in total. The second kappa shape index (κ2) is 6.31. The predicted molar refractivity (Wildman–Crippen MR) is 55.5 cm³/mol. The van der Waals surface area contributed by atoms with Gasteiger partial charge < -0.3 is 15.8 Å². The first kappa shape index (κ1) is 15.5. The molecule has 3 N–H and O–H groups in total. The van der Waals surface area contributed by atoms with Crippen molar-refractivity contribution >= 4 is 11.7 Å². The number of rotatable bonds is 5. The molecule has 0 saturated carbocycles. The molecular weight excluding hydrogens is 239 g/mol. The third-order valence-corrected chi connectivity index (χ3v) is 2.22. The molecule has 0 aromatic heterocycles. The fourth-order valence-corrected chi connectivity index (χ4v) is 1.14. The first-order chi connectivity index (χ1) is 7.67. The molecule has 0 aliphatic rings. The molecule has 0 radical (unpaired) electrons. The topological polar surface area (TPSA) is 78.9 Å². The molecule has 0 rings (SSSR count). The maximum atomic E-state index is 11.9. The highest BCUT2D eigenvalue weighted by molar-refractivity contribution is 5.83. The third kappa shape index (κ3) is 6.64. The summed E-state index contributed by atoms with van der Waals surface area (Å²) in [6.45, 7) is 1.70. The number of nitrogens with zero attached hydrogens (tertiary/aromatic N) is 2.